The van der Waals surface area contributed by atoms with Crippen molar-refractivity contribution in [1.29, 1.82) is 0 Å². The molecule has 0 atom stereocenters. The molecule has 0 fully saturated rings. The first kappa shape index (κ1) is 17.9. The van der Waals surface area contributed by atoms with Gasteiger partial charge in [-0.3, -0.25) is 0 Å². The number of nitrogens with two attached hydrogens (primary N) is 2. The van der Waals surface area contributed by atoms with Crippen molar-refractivity contribution in [2.75, 3.05) is 12.3 Å². The first-order valence-electron chi connectivity index (χ1n) is 5.63. The summed E-state index contributed by atoms with van der Waals surface area (Å²) in [5.74, 6) is -1.23. The lowest BCUT2D eigenvalue weighted by Crippen LogP contribution is -2.29. The number of primary sulfonamides is 1. The maximum absolute atomic E-state index is 13.6. The van der Waals surface area contributed by atoms with Gasteiger partial charge in [0.1, 0.15) is 10.8 Å². The minimum atomic E-state index is -4.07. The summed E-state index contributed by atoms with van der Waals surface area (Å²) >= 11 is 4.64. The maximum atomic E-state index is 13.6. The number of rotatable bonds is 7. The topological polar surface area (TPSA) is 132 Å². The number of hydrogen-bond acceptors (Lipinski definition) is 5. The molecule has 0 aliphatic heterocycles. The Balaban J connectivity index is 2.94. The summed E-state index contributed by atoms with van der Waals surface area (Å²) in [5, 5.41) is 4.79. The van der Waals surface area contributed by atoms with Crippen LogP contribution in [0.1, 0.15) is 12.0 Å². The van der Waals surface area contributed by atoms with Crippen molar-refractivity contribution in [3.63, 3.8) is 0 Å². The summed E-state index contributed by atoms with van der Waals surface area (Å²) in [5.41, 5.74) is 4.94. The number of nitrogens with one attached hydrogen (secondary N) is 1. The monoisotopic (exact) mass is 355 g/mol. The van der Waals surface area contributed by atoms with Crippen LogP contribution in [0.25, 0.3) is 0 Å². The fourth-order valence-electron chi connectivity index (χ4n) is 1.53. The van der Waals surface area contributed by atoms with E-state index in [-0.39, 0.29) is 24.3 Å². The molecule has 0 radical (unpaired) electrons. The van der Waals surface area contributed by atoms with Crippen LogP contribution in [-0.4, -0.2) is 34.1 Å². The highest BCUT2D eigenvalue weighted by atomic mass is 32.2. The Morgan fingerprint density at radius 2 is 1.90 bits per heavy atom. The zero-order valence-corrected chi connectivity index (χ0v) is 13.2. The van der Waals surface area contributed by atoms with Gasteiger partial charge >= 0.3 is 0 Å². The molecule has 0 saturated carbocycles. The molecule has 118 valence electrons. The fourth-order valence-corrected chi connectivity index (χ4v) is 3.65. The molecule has 0 saturated heterocycles. The van der Waals surface area contributed by atoms with Crippen LogP contribution in [0.5, 0.6) is 0 Å². The van der Waals surface area contributed by atoms with Gasteiger partial charge in [0.25, 0.3) is 0 Å². The summed E-state index contributed by atoms with van der Waals surface area (Å²) in [6, 6.07) is 3.39. The van der Waals surface area contributed by atoms with Gasteiger partial charge in [-0.1, -0.05) is 18.3 Å². The van der Waals surface area contributed by atoms with E-state index in [4.69, 9.17) is 10.9 Å². The molecule has 5 N–H and O–H groups in total. The van der Waals surface area contributed by atoms with Crippen molar-refractivity contribution in [1.82, 2.24) is 4.72 Å². The highest BCUT2D eigenvalue weighted by molar-refractivity contribution is 7.90. The Morgan fingerprint density at radius 1 is 1.29 bits per heavy atom. The number of hydrogen-bond donors (Lipinski definition) is 3. The van der Waals surface area contributed by atoms with Gasteiger partial charge in [-0.15, -0.1) is 0 Å². The summed E-state index contributed by atoms with van der Waals surface area (Å²) in [6.07, 6.45) is -0.0181. The average Bonchev–Trinajstić information content (AvgIpc) is 2.33. The lowest BCUT2D eigenvalue weighted by Gasteiger charge is -2.11. The SMILES string of the molecule is NC(=S)c1c(F)cccc1S(=O)(=O)NCCCS(N)(=O)=O. The quantitative estimate of drug-likeness (QED) is 0.443. The molecule has 0 aromatic heterocycles. The summed E-state index contributed by atoms with van der Waals surface area (Å²) in [7, 11) is -7.74. The number of thiocarbonyl (C=S) groups is 1. The third-order valence-electron chi connectivity index (χ3n) is 2.41. The van der Waals surface area contributed by atoms with Gasteiger partial charge in [-0.05, 0) is 18.6 Å². The molecule has 0 bridgehead atoms. The van der Waals surface area contributed by atoms with E-state index >= 15 is 0 Å². The lowest BCUT2D eigenvalue weighted by atomic mass is 10.2. The molecule has 0 amide bonds. The Labute approximate surface area is 127 Å². The van der Waals surface area contributed by atoms with Crippen molar-refractivity contribution in [2.45, 2.75) is 11.3 Å². The van der Waals surface area contributed by atoms with E-state index in [2.05, 4.69) is 16.9 Å². The van der Waals surface area contributed by atoms with E-state index < -0.39 is 35.7 Å². The van der Waals surface area contributed by atoms with Gasteiger partial charge in [0.2, 0.25) is 20.0 Å². The fraction of sp³-hybridized carbons (Fsp3) is 0.300. The van der Waals surface area contributed by atoms with Crippen LogP contribution >= 0.6 is 12.2 Å². The Kier molecular flexibility index (Phi) is 5.75. The molecule has 0 heterocycles. The van der Waals surface area contributed by atoms with Gasteiger partial charge in [0.15, 0.2) is 0 Å². The molecule has 1 aromatic carbocycles. The lowest BCUT2D eigenvalue weighted by molar-refractivity contribution is 0.573. The molecule has 1 aromatic rings. The molecule has 0 spiro atoms. The van der Waals surface area contributed by atoms with E-state index in [1.807, 2.05) is 0 Å². The van der Waals surface area contributed by atoms with Crippen LogP contribution in [0.3, 0.4) is 0 Å². The number of benzene rings is 1. The molecular formula is C10H14FN3O4S3. The predicted octanol–water partition coefficient (Wildman–Crippen LogP) is -0.583. The minimum Gasteiger partial charge on any atom is -0.389 e. The number of halogens is 1. The van der Waals surface area contributed by atoms with Crippen LogP contribution in [0.2, 0.25) is 0 Å². The molecule has 7 nitrogen and oxygen atoms in total. The van der Waals surface area contributed by atoms with Crippen molar-refractivity contribution in [2.24, 2.45) is 10.9 Å². The predicted molar refractivity (Wildman–Crippen MR) is 80.1 cm³/mol. The molecule has 21 heavy (non-hydrogen) atoms. The third-order valence-corrected chi connectivity index (χ3v) is 4.97. The Morgan fingerprint density at radius 3 is 2.43 bits per heavy atom. The van der Waals surface area contributed by atoms with E-state index in [1.54, 1.807) is 0 Å². The second kappa shape index (κ2) is 6.75. The first-order chi connectivity index (χ1) is 9.54. The third kappa shape index (κ3) is 5.28. The smallest absolute Gasteiger partial charge is 0.241 e. The minimum absolute atomic E-state index is 0.0181. The second-order valence-corrected chi connectivity index (χ2v) is 8.00. The van der Waals surface area contributed by atoms with Gasteiger partial charge < -0.3 is 5.73 Å². The van der Waals surface area contributed by atoms with Crippen molar-refractivity contribution in [3.05, 3.63) is 29.6 Å². The standard InChI is InChI=1S/C10H14FN3O4S3/c11-7-3-1-4-8(9(7)10(12)19)21(17,18)14-5-2-6-20(13,15)16/h1,3-4,14H,2,5-6H2,(H2,12,19)(H2,13,15,16). The van der Waals surface area contributed by atoms with Gasteiger partial charge in [0.05, 0.1) is 16.2 Å². The average molecular weight is 355 g/mol. The summed E-state index contributed by atoms with van der Waals surface area (Å²) < 4.78 is 61.3. The molecule has 0 unspecified atom stereocenters. The van der Waals surface area contributed by atoms with Crippen molar-refractivity contribution >= 4 is 37.3 Å². The van der Waals surface area contributed by atoms with Crippen LogP contribution in [-0.2, 0) is 20.0 Å². The molecular weight excluding hydrogens is 341 g/mol. The maximum Gasteiger partial charge on any atom is 0.241 e. The van der Waals surface area contributed by atoms with E-state index in [0.29, 0.717) is 0 Å². The molecule has 0 aliphatic carbocycles. The van der Waals surface area contributed by atoms with Gasteiger partial charge in [-0.25, -0.2) is 31.1 Å². The van der Waals surface area contributed by atoms with Crippen LogP contribution in [0.4, 0.5) is 4.39 Å². The van der Waals surface area contributed by atoms with Gasteiger partial charge in [0, 0.05) is 6.54 Å². The zero-order chi connectivity index (χ0) is 16.3. The van der Waals surface area contributed by atoms with E-state index in [1.165, 1.54) is 6.07 Å². The molecule has 1 rings (SSSR count). The normalized spacial score (nSPS) is 12.3. The van der Waals surface area contributed by atoms with Gasteiger partial charge in [-0.2, -0.15) is 0 Å². The number of sulfonamides is 2. The zero-order valence-electron chi connectivity index (χ0n) is 10.7. The highest BCUT2D eigenvalue weighted by Gasteiger charge is 2.22. The largest absolute Gasteiger partial charge is 0.389 e. The van der Waals surface area contributed by atoms with Crippen LogP contribution < -0.4 is 15.6 Å². The second-order valence-electron chi connectivity index (χ2n) is 4.10. The van der Waals surface area contributed by atoms with Crippen LogP contribution in [0, 0.1) is 5.82 Å². The highest BCUT2D eigenvalue weighted by Crippen LogP contribution is 2.18. The molecule has 11 heteroatoms. The first-order valence-corrected chi connectivity index (χ1v) is 9.24. The van der Waals surface area contributed by atoms with Crippen molar-refractivity contribution in [3.8, 4) is 0 Å². The molecule has 0 aliphatic rings. The Bertz CT molecular complexity index is 747. The van der Waals surface area contributed by atoms with E-state index in [9.17, 15) is 21.2 Å². The summed E-state index contributed by atoms with van der Waals surface area (Å²) in [6.45, 7) is -0.175. The van der Waals surface area contributed by atoms with E-state index in [0.717, 1.165) is 12.1 Å². The van der Waals surface area contributed by atoms with Crippen molar-refractivity contribution < 1.29 is 21.2 Å². The Hall–Kier alpha value is -1.14. The van der Waals surface area contributed by atoms with Crippen LogP contribution in [0.15, 0.2) is 23.1 Å². The summed E-state index contributed by atoms with van der Waals surface area (Å²) in [4.78, 5) is -0.788.